The number of nitrogens with two attached hydrogens (primary N) is 1. The standard InChI is InChI=1S/C15H19N3O2.2ClH/c16-5-6-17-7-8-18-15(20)13-9-11-3-1-2-4-12(11)10-14(13)19;;/h1-4,9-10,17,19H,5-8,16H2,(H,18,20);2*1H. The van der Waals surface area contributed by atoms with E-state index in [4.69, 9.17) is 5.73 Å². The molecule has 0 aliphatic rings. The molecule has 0 bridgehead atoms. The molecule has 5 N–H and O–H groups in total. The Morgan fingerprint density at radius 3 is 2.32 bits per heavy atom. The summed E-state index contributed by atoms with van der Waals surface area (Å²) in [5.41, 5.74) is 5.65. The van der Waals surface area contributed by atoms with E-state index in [2.05, 4.69) is 10.6 Å². The van der Waals surface area contributed by atoms with Crippen molar-refractivity contribution < 1.29 is 9.90 Å². The van der Waals surface area contributed by atoms with Gasteiger partial charge in [0.05, 0.1) is 5.56 Å². The molecule has 0 saturated carbocycles. The largest absolute Gasteiger partial charge is 0.507 e. The second-order valence-electron chi connectivity index (χ2n) is 4.51. The van der Waals surface area contributed by atoms with E-state index in [9.17, 15) is 9.90 Å². The summed E-state index contributed by atoms with van der Waals surface area (Å²) in [6, 6.07) is 10.9. The number of amides is 1. The van der Waals surface area contributed by atoms with Crippen LogP contribution >= 0.6 is 24.8 Å². The minimum absolute atomic E-state index is 0. The van der Waals surface area contributed by atoms with E-state index in [1.807, 2.05) is 24.3 Å². The van der Waals surface area contributed by atoms with E-state index in [0.29, 0.717) is 25.2 Å². The highest BCUT2D eigenvalue weighted by molar-refractivity contribution is 6.01. The highest BCUT2D eigenvalue weighted by Gasteiger charge is 2.11. The van der Waals surface area contributed by atoms with Crippen molar-refractivity contribution in [3.8, 4) is 5.75 Å². The molecule has 0 saturated heterocycles. The Labute approximate surface area is 142 Å². The maximum Gasteiger partial charge on any atom is 0.255 e. The number of carbonyl (C=O) groups excluding carboxylic acids is 1. The van der Waals surface area contributed by atoms with Crippen LogP contribution < -0.4 is 16.4 Å². The van der Waals surface area contributed by atoms with E-state index in [0.717, 1.165) is 17.3 Å². The molecule has 7 heteroatoms. The minimum Gasteiger partial charge on any atom is -0.507 e. The monoisotopic (exact) mass is 345 g/mol. The predicted molar refractivity (Wildman–Crippen MR) is 94.4 cm³/mol. The summed E-state index contributed by atoms with van der Waals surface area (Å²) in [5, 5.41) is 17.6. The fourth-order valence-corrected chi connectivity index (χ4v) is 2.00. The quantitative estimate of drug-likeness (QED) is 0.599. The zero-order valence-corrected chi connectivity index (χ0v) is 13.7. The van der Waals surface area contributed by atoms with Crippen molar-refractivity contribution >= 4 is 41.5 Å². The number of nitrogens with one attached hydrogen (secondary N) is 2. The molecule has 0 unspecified atom stereocenters. The van der Waals surface area contributed by atoms with Crippen LogP contribution in [0.4, 0.5) is 0 Å². The van der Waals surface area contributed by atoms with Gasteiger partial charge in [0.15, 0.2) is 0 Å². The maximum atomic E-state index is 12.0. The molecule has 0 atom stereocenters. The lowest BCUT2D eigenvalue weighted by atomic mass is 10.1. The van der Waals surface area contributed by atoms with E-state index in [1.54, 1.807) is 12.1 Å². The molecule has 0 aliphatic heterocycles. The topological polar surface area (TPSA) is 87.4 Å². The van der Waals surface area contributed by atoms with E-state index in [1.165, 1.54) is 0 Å². The van der Waals surface area contributed by atoms with Gasteiger partial charge in [-0.25, -0.2) is 0 Å². The molecule has 22 heavy (non-hydrogen) atoms. The lowest BCUT2D eigenvalue weighted by Crippen LogP contribution is -2.33. The predicted octanol–water partition coefficient (Wildman–Crippen LogP) is 1.67. The van der Waals surface area contributed by atoms with E-state index >= 15 is 0 Å². The zero-order chi connectivity index (χ0) is 14.4. The molecule has 2 aromatic carbocycles. The van der Waals surface area contributed by atoms with Gasteiger partial charge in [-0.1, -0.05) is 24.3 Å². The van der Waals surface area contributed by atoms with Crippen molar-refractivity contribution in [1.29, 1.82) is 0 Å². The van der Waals surface area contributed by atoms with Crippen molar-refractivity contribution in [1.82, 2.24) is 10.6 Å². The van der Waals surface area contributed by atoms with Crippen molar-refractivity contribution in [2.45, 2.75) is 0 Å². The van der Waals surface area contributed by atoms with Crippen molar-refractivity contribution in [3.63, 3.8) is 0 Å². The van der Waals surface area contributed by atoms with Crippen LogP contribution in [0.1, 0.15) is 10.4 Å². The molecule has 1 amide bonds. The molecular weight excluding hydrogens is 325 g/mol. The first-order valence-electron chi connectivity index (χ1n) is 6.63. The van der Waals surface area contributed by atoms with Gasteiger partial charge >= 0.3 is 0 Å². The number of carbonyl (C=O) groups is 1. The Bertz CT molecular complexity index is 608. The Hall–Kier alpha value is -1.53. The van der Waals surface area contributed by atoms with Gasteiger partial charge in [0.1, 0.15) is 5.75 Å². The van der Waals surface area contributed by atoms with Crippen LogP contribution in [-0.4, -0.2) is 37.2 Å². The van der Waals surface area contributed by atoms with Crippen LogP contribution in [0.2, 0.25) is 0 Å². The molecule has 0 fully saturated rings. The number of hydrogen-bond acceptors (Lipinski definition) is 4. The van der Waals surface area contributed by atoms with Crippen LogP contribution in [-0.2, 0) is 0 Å². The Kier molecular flexibility index (Phi) is 9.53. The van der Waals surface area contributed by atoms with E-state index in [-0.39, 0.29) is 36.5 Å². The molecule has 2 aromatic rings. The lowest BCUT2D eigenvalue weighted by molar-refractivity contribution is 0.0951. The van der Waals surface area contributed by atoms with Crippen molar-refractivity contribution in [2.75, 3.05) is 26.2 Å². The van der Waals surface area contributed by atoms with Crippen LogP contribution in [0.25, 0.3) is 10.8 Å². The van der Waals surface area contributed by atoms with Crippen LogP contribution in [0.5, 0.6) is 5.75 Å². The van der Waals surface area contributed by atoms with E-state index < -0.39 is 0 Å². The van der Waals surface area contributed by atoms with Crippen molar-refractivity contribution in [2.24, 2.45) is 5.73 Å². The average Bonchev–Trinajstić information content (AvgIpc) is 2.46. The molecule has 5 nitrogen and oxygen atoms in total. The second-order valence-corrected chi connectivity index (χ2v) is 4.51. The van der Waals surface area contributed by atoms with Crippen LogP contribution in [0.3, 0.4) is 0 Å². The van der Waals surface area contributed by atoms with Gasteiger partial charge in [-0.15, -0.1) is 24.8 Å². The molecule has 0 heterocycles. The van der Waals surface area contributed by atoms with Gasteiger partial charge in [-0.2, -0.15) is 0 Å². The Balaban J connectivity index is 0.00000220. The molecule has 0 aliphatic carbocycles. The Morgan fingerprint density at radius 2 is 1.68 bits per heavy atom. The molecule has 0 spiro atoms. The van der Waals surface area contributed by atoms with Crippen LogP contribution in [0.15, 0.2) is 36.4 Å². The molecular formula is C15H21Cl2N3O2. The summed E-state index contributed by atoms with van der Waals surface area (Å²) in [6.07, 6.45) is 0. The second kappa shape index (κ2) is 10.2. The summed E-state index contributed by atoms with van der Waals surface area (Å²) in [5.74, 6) is -0.279. The number of phenolic OH excluding ortho intramolecular Hbond substituents is 1. The Morgan fingerprint density at radius 1 is 1.05 bits per heavy atom. The smallest absolute Gasteiger partial charge is 0.255 e. The summed E-state index contributed by atoms with van der Waals surface area (Å²) in [7, 11) is 0. The van der Waals surface area contributed by atoms with Gasteiger partial charge in [0, 0.05) is 26.2 Å². The third-order valence-corrected chi connectivity index (χ3v) is 3.02. The SMILES string of the molecule is Cl.Cl.NCCNCCNC(=O)c1cc2ccccc2cc1O. The fourth-order valence-electron chi connectivity index (χ4n) is 2.00. The molecule has 0 radical (unpaired) electrons. The lowest BCUT2D eigenvalue weighted by Gasteiger charge is -2.09. The molecule has 2 rings (SSSR count). The van der Waals surface area contributed by atoms with Gasteiger partial charge in [0.2, 0.25) is 0 Å². The number of rotatable bonds is 6. The summed E-state index contributed by atoms with van der Waals surface area (Å²) in [6.45, 7) is 2.43. The highest BCUT2D eigenvalue weighted by atomic mass is 35.5. The summed E-state index contributed by atoms with van der Waals surface area (Å²) >= 11 is 0. The minimum atomic E-state index is -0.275. The first-order chi connectivity index (χ1) is 9.72. The van der Waals surface area contributed by atoms with Gasteiger partial charge < -0.3 is 21.5 Å². The zero-order valence-electron chi connectivity index (χ0n) is 12.0. The van der Waals surface area contributed by atoms with Gasteiger partial charge in [0.25, 0.3) is 5.91 Å². The fraction of sp³-hybridized carbons (Fsp3) is 0.267. The number of aromatic hydroxyl groups is 1. The third-order valence-electron chi connectivity index (χ3n) is 3.02. The normalized spacial score (nSPS) is 9.68. The maximum absolute atomic E-state index is 12.0. The summed E-state index contributed by atoms with van der Waals surface area (Å²) in [4.78, 5) is 12.0. The first kappa shape index (κ1) is 20.5. The number of phenols is 1. The number of fused-ring (bicyclic) bond motifs is 1. The molecule has 0 aromatic heterocycles. The van der Waals surface area contributed by atoms with Gasteiger partial charge in [-0.3, -0.25) is 4.79 Å². The first-order valence-corrected chi connectivity index (χ1v) is 6.63. The van der Waals surface area contributed by atoms with Crippen LogP contribution in [0, 0.1) is 0 Å². The number of halogens is 2. The van der Waals surface area contributed by atoms with Gasteiger partial charge in [-0.05, 0) is 22.9 Å². The highest BCUT2D eigenvalue weighted by Crippen LogP contribution is 2.24. The third kappa shape index (κ3) is 5.35. The van der Waals surface area contributed by atoms with Crippen molar-refractivity contribution in [3.05, 3.63) is 42.0 Å². The molecule has 122 valence electrons. The number of hydrogen-bond donors (Lipinski definition) is 4. The number of benzene rings is 2. The summed E-state index contributed by atoms with van der Waals surface area (Å²) < 4.78 is 0. The average molecular weight is 346 g/mol.